The van der Waals surface area contributed by atoms with Crippen LogP contribution in [0.2, 0.25) is 0 Å². The van der Waals surface area contributed by atoms with Gasteiger partial charge >= 0.3 is 5.97 Å². The predicted molar refractivity (Wildman–Crippen MR) is 145 cm³/mol. The van der Waals surface area contributed by atoms with E-state index in [9.17, 15) is 14.7 Å². The first kappa shape index (κ1) is 27.1. The largest absolute Gasteiger partial charge is 0.464 e. The Morgan fingerprint density at radius 2 is 1.73 bits per heavy atom. The van der Waals surface area contributed by atoms with Crippen LogP contribution in [0.4, 0.5) is 0 Å². The van der Waals surface area contributed by atoms with Crippen LogP contribution in [-0.2, 0) is 14.3 Å². The lowest BCUT2D eigenvalue weighted by Gasteiger charge is -2.69. The fourth-order valence-corrected chi connectivity index (χ4v) is 10.1. The topological polar surface area (TPSA) is 89.6 Å². The summed E-state index contributed by atoms with van der Waals surface area (Å²) in [7, 11) is 0. The molecule has 3 saturated carbocycles. The molecule has 5 rings (SSSR count). The Kier molecular flexibility index (Phi) is 6.06. The quantitative estimate of drug-likeness (QED) is 0.471. The second-order valence-corrected chi connectivity index (χ2v) is 15.0. The van der Waals surface area contributed by atoms with Crippen LogP contribution >= 0.6 is 0 Å². The van der Waals surface area contributed by atoms with Crippen molar-refractivity contribution in [1.82, 2.24) is 0 Å². The minimum Gasteiger partial charge on any atom is -0.464 e. The normalized spacial score (nSPS) is 48.5. The van der Waals surface area contributed by atoms with Crippen LogP contribution in [0.5, 0.6) is 0 Å². The van der Waals surface area contributed by atoms with Gasteiger partial charge in [-0.05, 0) is 97.9 Å². The Hall–Kier alpha value is -1.46. The molecular formula is C32H49NO4. The highest BCUT2D eigenvalue weighted by Gasteiger charge is 2.67. The third kappa shape index (κ3) is 3.41. The molecule has 0 radical (unpaired) electrons. The SMILES string of the molecule is CC1(C)C2CC[C@]3(C)C(C=CC4=C5C[C@](C)(C(=O)OCCN)CC(=O)[C@]5(C)CC[C@]43C)[C@@]2(C)CC[C@@H]1O. The van der Waals surface area contributed by atoms with Crippen molar-refractivity contribution in [2.45, 2.75) is 106 Å². The van der Waals surface area contributed by atoms with E-state index in [1.165, 1.54) is 11.1 Å². The molecule has 0 aromatic carbocycles. The zero-order valence-corrected chi connectivity index (χ0v) is 24.2. The van der Waals surface area contributed by atoms with Crippen LogP contribution in [-0.4, -0.2) is 36.1 Å². The lowest BCUT2D eigenvalue weighted by Crippen LogP contribution is -2.63. The number of carbonyl (C=O) groups is 2. The van der Waals surface area contributed by atoms with E-state index in [0.29, 0.717) is 18.3 Å². The highest BCUT2D eigenvalue weighted by Crippen LogP contribution is 2.73. The maximum Gasteiger partial charge on any atom is 0.312 e. The summed E-state index contributed by atoms with van der Waals surface area (Å²) in [6, 6.07) is 0. The van der Waals surface area contributed by atoms with E-state index in [1.807, 2.05) is 6.92 Å². The molecule has 8 atom stereocenters. The van der Waals surface area contributed by atoms with Gasteiger partial charge in [0.15, 0.2) is 0 Å². The summed E-state index contributed by atoms with van der Waals surface area (Å²) in [5.74, 6) is 0.780. The Labute approximate surface area is 223 Å². The maximum absolute atomic E-state index is 13.7. The minimum absolute atomic E-state index is 0.0604. The molecule has 0 spiro atoms. The molecule has 5 heteroatoms. The van der Waals surface area contributed by atoms with Gasteiger partial charge < -0.3 is 15.6 Å². The highest BCUT2D eigenvalue weighted by atomic mass is 16.5. The van der Waals surface area contributed by atoms with E-state index in [4.69, 9.17) is 10.5 Å². The van der Waals surface area contributed by atoms with Crippen molar-refractivity contribution in [3.05, 3.63) is 23.3 Å². The standard InChI is InChI=1S/C32H49NO4/c1-27(2)22-10-13-32(7)23(30(22,5)12-11-24(27)34)9-8-20-21-18-28(3,26(36)37-17-16-33)19-25(35)29(21,4)14-15-31(20,32)6/h8-9,22-24,34H,10-19,33H2,1-7H3/t22?,23?,24-,28-,29+,30-,31+,32+/m0/s1. The first-order valence-electron chi connectivity index (χ1n) is 14.6. The molecule has 5 aliphatic rings. The number of fused-ring (bicyclic) bond motifs is 6. The second-order valence-electron chi connectivity index (χ2n) is 15.0. The molecule has 3 N–H and O–H groups in total. The lowest BCUT2D eigenvalue weighted by molar-refractivity contribution is -0.182. The summed E-state index contributed by atoms with van der Waals surface area (Å²) in [6.07, 6.45) is 11.4. The number of nitrogens with two attached hydrogens (primary N) is 1. The van der Waals surface area contributed by atoms with Gasteiger partial charge in [-0.15, -0.1) is 0 Å². The van der Waals surface area contributed by atoms with Gasteiger partial charge in [0, 0.05) is 18.4 Å². The number of carbonyl (C=O) groups excluding carboxylic acids is 2. The lowest BCUT2D eigenvalue weighted by atomic mass is 9.35. The van der Waals surface area contributed by atoms with Gasteiger partial charge in [0.05, 0.1) is 11.5 Å². The fraction of sp³-hybridized carbons (Fsp3) is 0.812. The zero-order valence-electron chi connectivity index (χ0n) is 24.2. The van der Waals surface area contributed by atoms with Crippen LogP contribution < -0.4 is 5.73 Å². The third-order valence-electron chi connectivity index (χ3n) is 12.9. The summed E-state index contributed by atoms with van der Waals surface area (Å²) < 4.78 is 5.48. The smallest absolute Gasteiger partial charge is 0.312 e. The predicted octanol–water partition coefficient (Wildman–Crippen LogP) is 5.75. The molecule has 0 aromatic heterocycles. The van der Waals surface area contributed by atoms with Crippen molar-refractivity contribution in [1.29, 1.82) is 0 Å². The van der Waals surface area contributed by atoms with Gasteiger partial charge in [-0.2, -0.15) is 0 Å². The number of hydrogen-bond donors (Lipinski definition) is 2. The molecular weight excluding hydrogens is 462 g/mol. The van der Waals surface area contributed by atoms with Gasteiger partial charge in [-0.1, -0.05) is 52.3 Å². The van der Waals surface area contributed by atoms with Crippen LogP contribution in [0.1, 0.15) is 99.8 Å². The summed E-state index contributed by atoms with van der Waals surface area (Å²) in [5, 5.41) is 10.9. The van der Waals surface area contributed by atoms with Crippen molar-refractivity contribution in [3.8, 4) is 0 Å². The van der Waals surface area contributed by atoms with E-state index in [-0.39, 0.29) is 59.1 Å². The average Bonchev–Trinajstić information content (AvgIpc) is 2.82. The van der Waals surface area contributed by atoms with E-state index >= 15 is 0 Å². The van der Waals surface area contributed by atoms with Gasteiger partial charge in [0.2, 0.25) is 0 Å². The van der Waals surface area contributed by atoms with Crippen molar-refractivity contribution >= 4 is 11.8 Å². The van der Waals surface area contributed by atoms with Crippen LogP contribution in [0.25, 0.3) is 0 Å². The molecule has 3 fully saturated rings. The van der Waals surface area contributed by atoms with Gasteiger partial charge in [-0.25, -0.2) is 0 Å². The van der Waals surface area contributed by atoms with Crippen molar-refractivity contribution in [2.75, 3.05) is 13.2 Å². The summed E-state index contributed by atoms with van der Waals surface area (Å²) in [5.41, 5.74) is 6.77. The summed E-state index contributed by atoms with van der Waals surface area (Å²) >= 11 is 0. The number of Topliss-reactive ketones (excluding diaryl/α,β-unsaturated/α-hetero) is 1. The van der Waals surface area contributed by atoms with Crippen molar-refractivity contribution < 1.29 is 19.4 Å². The summed E-state index contributed by atoms with van der Waals surface area (Å²) in [6.45, 7) is 16.5. The van der Waals surface area contributed by atoms with E-state index in [0.717, 1.165) is 38.5 Å². The molecule has 0 aromatic rings. The molecule has 2 unspecified atom stereocenters. The minimum atomic E-state index is -0.842. The van der Waals surface area contributed by atoms with Gasteiger partial charge in [-0.3, -0.25) is 9.59 Å². The molecule has 0 amide bonds. The molecule has 0 saturated heterocycles. The number of aliphatic hydroxyl groups is 1. The number of ether oxygens (including phenoxy) is 1. The maximum atomic E-state index is 13.7. The average molecular weight is 512 g/mol. The number of aliphatic hydroxyl groups excluding tert-OH is 1. The van der Waals surface area contributed by atoms with E-state index < -0.39 is 10.8 Å². The fourth-order valence-electron chi connectivity index (χ4n) is 10.1. The Balaban J connectivity index is 1.62. The molecule has 206 valence electrons. The Bertz CT molecular complexity index is 1070. The van der Waals surface area contributed by atoms with Crippen molar-refractivity contribution in [3.63, 3.8) is 0 Å². The Morgan fingerprint density at radius 3 is 2.41 bits per heavy atom. The second kappa shape index (κ2) is 8.27. The molecule has 0 bridgehead atoms. The number of allylic oxidation sites excluding steroid dienone is 4. The molecule has 5 aliphatic carbocycles. The molecule has 5 nitrogen and oxygen atoms in total. The van der Waals surface area contributed by atoms with E-state index in [1.54, 1.807) is 0 Å². The van der Waals surface area contributed by atoms with Crippen LogP contribution in [0, 0.1) is 44.3 Å². The van der Waals surface area contributed by atoms with Crippen molar-refractivity contribution in [2.24, 2.45) is 50.1 Å². The summed E-state index contributed by atoms with van der Waals surface area (Å²) in [4.78, 5) is 26.8. The monoisotopic (exact) mass is 511 g/mol. The van der Waals surface area contributed by atoms with Gasteiger partial charge in [0.1, 0.15) is 12.4 Å². The van der Waals surface area contributed by atoms with Crippen LogP contribution in [0.3, 0.4) is 0 Å². The molecule has 37 heavy (non-hydrogen) atoms. The molecule has 0 heterocycles. The number of ketones is 1. The third-order valence-corrected chi connectivity index (χ3v) is 12.9. The molecule has 0 aliphatic heterocycles. The zero-order chi connectivity index (χ0) is 27.2. The van der Waals surface area contributed by atoms with E-state index in [2.05, 4.69) is 53.7 Å². The number of rotatable bonds is 3. The van der Waals surface area contributed by atoms with Gasteiger partial charge in [0.25, 0.3) is 0 Å². The Morgan fingerprint density at radius 1 is 1.03 bits per heavy atom. The first-order valence-corrected chi connectivity index (χ1v) is 14.6. The first-order chi connectivity index (χ1) is 17.1. The highest BCUT2D eigenvalue weighted by molar-refractivity contribution is 5.95. The number of esters is 1. The number of hydrogen-bond acceptors (Lipinski definition) is 5. The van der Waals surface area contributed by atoms with Crippen LogP contribution in [0.15, 0.2) is 23.3 Å².